The summed E-state index contributed by atoms with van der Waals surface area (Å²) in [5.41, 5.74) is 0.943. The van der Waals surface area contributed by atoms with Gasteiger partial charge in [-0.2, -0.15) is 0 Å². The SMILES string of the molecule is COCCN1C(=O)C(=O)/C(=C(\O)c2ccc(F)c(C)c2)C1c1ccc(Cl)c(Cl)c1. The second-order valence-electron chi connectivity index (χ2n) is 6.62. The van der Waals surface area contributed by atoms with Crippen LogP contribution in [0.1, 0.15) is 22.7 Å². The second-order valence-corrected chi connectivity index (χ2v) is 7.44. The smallest absolute Gasteiger partial charge is 0.295 e. The van der Waals surface area contributed by atoms with Crippen LogP contribution in [0.25, 0.3) is 5.76 Å². The first kappa shape index (κ1) is 21.3. The molecule has 29 heavy (non-hydrogen) atoms. The summed E-state index contributed by atoms with van der Waals surface area (Å²) in [5, 5.41) is 11.5. The quantitative estimate of drug-likeness (QED) is 0.424. The predicted octanol–water partition coefficient (Wildman–Crippen LogP) is 4.51. The summed E-state index contributed by atoms with van der Waals surface area (Å²) in [6.07, 6.45) is 0. The number of carbonyl (C=O) groups is 2. The van der Waals surface area contributed by atoms with E-state index in [1.165, 1.54) is 30.2 Å². The number of hydrogen-bond donors (Lipinski definition) is 1. The Morgan fingerprint density at radius 1 is 1.17 bits per heavy atom. The van der Waals surface area contributed by atoms with Crippen molar-refractivity contribution in [1.29, 1.82) is 0 Å². The molecule has 152 valence electrons. The van der Waals surface area contributed by atoms with Crippen molar-refractivity contribution in [3.8, 4) is 0 Å². The molecular weight excluding hydrogens is 420 g/mol. The number of ketones is 1. The number of ether oxygens (including phenoxy) is 1. The van der Waals surface area contributed by atoms with Gasteiger partial charge in [0, 0.05) is 19.2 Å². The summed E-state index contributed by atoms with van der Waals surface area (Å²) in [7, 11) is 1.48. The standard InChI is InChI=1S/C21H18Cl2FNO4/c1-11-9-13(4-6-16(11)24)19(26)17-18(12-3-5-14(22)15(23)10-12)25(7-8-29-2)21(28)20(17)27/h3-6,9-10,18,26H,7-8H2,1-2H3/b19-17-. The highest BCUT2D eigenvalue weighted by Gasteiger charge is 2.46. The number of aliphatic hydroxyl groups excluding tert-OH is 1. The highest BCUT2D eigenvalue weighted by molar-refractivity contribution is 6.46. The molecule has 1 amide bonds. The Kier molecular flexibility index (Phi) is 6.27. The molecule has 0 bridgehead atoms. The third-order valence-electron chi connectivity index (χ3n) is 4.77. The number of likely N-dealkylation sites (tertiary alicyclic amines) is 1. The number of carbonyl (C=O) groups excluding carboxylic acids is 2. The van der Waals surface area contributed by atoms with Crippen molar-refractivity contribution in [3.63, 3.8) is 0 Å². The molecule has 1 N–H and O–H groups in total. The Morgan fingerprint density at radius 2 is 1.90 bits per heavy atom. The van der Waals surface area contributed by atoms with Gasteiger partial charge < -0.3 is 14.7 Å². The number of aryl methyl sites for hydroxylation is 1. The molecule has 1 aliphatic rings. The molecule has 8 heteroatoms. The minimum atomic E-state index is -0.884. The van der Waals surface area contributed by atoms with Crippen LogP contribution >= 0.6 is 23.2 Å². The van der Waals surface area contributed by atoms with Crippen molar-refractivity contribution in [2.75, 3.05) is 20.3 Å². The van der Waals surface area contributed by atoms with E-state index in [9.17, 15) is 19.1 Å². The fraction of sp³-hybridized carbons (Fsp3) is 0.238. The van der Waals surface area contributed by atoms with Crippen LogP contribution in [0.15, 0.2) is 42.0 Å². The highest BCUT2D eigenvalue weighted by Crippen LogP contribution is 2.40. The van der Waals surface area contributed by atoms with Gasteiger partial charge in [-0.15, -0.1) is 0 Å². The van der Waals surface area contributed by atoms with Crippen molar-refractivity contribution >= 4 is 40.7 Å². The molecule has 0 spiro atoms. The second kappa shape index (κ2) is 8.53. The summed E-state index contributed by atoms with van der Waals surface area (Å²) in [6, 6.07) is 7.81. The molecule has 1 atom stereocenters. The molecule has 0 aromatic heterocycles. The fourth-order valence-corrected chi connectivity index (χ4v) is 3.58. The van der Waals surface area contributed by atoms with E-state index in [0.717, 1.165) is 0 Å². The largest absolute Gasteiger partial charge is 0.507 e. The molecule has 1 fully saturated rings. The first-order valence-electron chi connectivity index (χ1n) is 8.75. The van der Waals surface area contributed by atoms with E-state index < -0.39 is 23.5 Å². The number of rotatable bonds is 5. The first-order chi connectivity index (χ1) is 13.8. The molecule has 2 aromatic carbocycles. The molecule has 0 aliphatic carbocycles. The lowest BCUT2D eigenvalue weighted by atomic mass is 9.95. The molecule has 3 rings (SSSR count). The molecule has 2 aromatic rings. The lowest BCUT2D eigenvalue weighted by Gasteiger charge is -2.25. The van der Waals surface area contributed by atoms with Gasteiger partial charge in [-0.1, -0.05) is 29.3 Å². The van der Waals surface area contributed by atoms with Crippen LogP contribution in [-0.4, -0.2) is 42.0 Å². The van der Waals surface area contributed by atoms with Gasteiger partial charge in [0.15, 0.2) is 0 Å². The maximum Gasteiger partial charge on any atom is 0.295 e. The Labute approximate surface area is 177 Å². The van der Waals surface area contributed by atoms with Gasteiger partial charge in [-0.05, 0) is 48.4 Å². The average molecular weight is 438 g/mol. The van der Waals surface area contributed by atoms with E-state index in [0.29, 0.717) is 16.1 Å². The van der Waals surface area contributed by atoms with Crippen LogP contribution in [-0.2, 0) is 14.3 Å². The molecule has 1 unspecified atom stereocenters. The van der Waals surface area contributed by atoms with Gasteiger partial charge in [0.25, 0.3) is 11.7 Å². The zero-order valence-corrected chi connectivity index (χ0v) is 17.2. The molecule has 1 saturated heterocycles. The van der Waals surface area contributed by atoms with Crippen LogP contribution in [0.4, 0.5) is 4.39 Å². The zero-order valence-electron chi connectivity index (χ0n) is 15.7. The Balaban J connectivity index is 2.20. The highest BCUT2D eigenvalue weighted by atomic mass is 35.5. The fourth-order valence-electron chi connectivity index (χ4n) is 3.28. The van der Waals surface area contributed by atoms with Gasteiger partial charge in [0.05, 0.1) is 28.3 Å². The average Bonchev–Trinajstić information content (AvgIpc) is 2.94. The predicted molar refractivity (Wildman–Crippen MR) is 108 cm³/mol. The lowest BCUT2D eigenvalue weighted by molar-refractivity contribution is -0.140. The van der Waals surface area contributed by atoms with Crippen LogP contribution in [0.5, 0.6) is 0 Å². The molecular formula is C21H18Cl2FNO4. The van der Waals surface area contributed by atoms with Crippen LogP contribution < -0.4 is 0 Å². The summed E-state index contributed by atoms with van der Waals surface area (Å²) in [4.78, 5) is 26.8. The van der Waals surface area contributed by atoms with Gasteiger partial charge in [0.1, 0.15) is 11.6 Å². The molecule has 0 saturated carbocycles. The number of nitrogens with zero attached hydrogens (tertiary/aromatic N) is 1. The molecule has 0 radical (unpaired) electrons. The zero-order chi connectivity index (χ0) is 21.3. The number of Topliss-reactive ketones (excluding diaryl/α,β-unsaturated/α-hetero) is 1. The van der Waals surface area contributed by atoms with Crippen molar-refractivity contribution in [2.24, 2.45) is 0 Å². The number of methoxy groups -OCH3 is 1. The van der Waals surface area contributed by atoms with E-state index in [1.54, 1.807) is 25.1 Å². The number of benzene rings is 2. The topological polar surface area (TPSA) is 66.8 Å². The maximum absolute atomic E-state index is 13.6. The van der Waals surface area contributed by atoms with Crippen LogP contribution in [0, 0.1) is 12.7 Å². The first-order valence-corrected chi connectivity index (χ1v) is 9.50. The number of aliphatic hydroxyl groups is 1. The Morgan fingerprint density at radius 3 is 2.52 bits per heavy atom. The molecule has 1 heterocycles. The minimum absolute atomic E-state index is 0.101. The van der Waals surface area contributed by atoms with E-state index in [-0.39, 0.29) is 35.1 Å². The van der Waals surface area contributed by atoms with E-state index >= 15 is 0 Å². The van der Waals surface area contributed by atoms with E-state index in [2.05, 4.69) is 0 Å². The van der Waals surface area contributed by atoms with Gasteiger partial charge in [-0.3, -0.25) is 9.59 Å². The van der Waals surface area contributed by atoms with Crippen LogP contribution in [0.2, 0.25) is 10.0 Å². The number of hydrogen-bond acceptors (Lipinski definition) is 4. The van der Waals surface area contributed by atoms with Crippen molar-refractivity contribution in [1.82, 2.24) is 4.90 Å². The summed E-state index contributed by atoms with van der Waals surface area (Å²) >= 11 is 12.1. The number of amides is 1. The molecule has 1 aliphatic heterocycles. The van der Waals surface area contributed by atoms with Gasteiger partial charge >= 0.3 is 0 Å². The summed E-state index contributed by atoms with van der Waals surface area (Å²) < 4.78 is 18.7. The third-order valence-corrected chi connectivity index (χ3v) is 5.51. The molecule has 5 nitrogen and oxygen atoms in total. The van der Waals surface area contributed by atoms with Gasteiger partial charge in [-0.25, -0.2) is 4.39 Å². The van der Waals surface area contributed by atoms with Crippen molar-refractivity contribution in [3.05, 3.63) is 74.5 Å². The monoisotopic (exact) mass is 437 g/mol. The number of halogens is 3. The summed E-state index contributed by atoms with van der Waals surface area (Å²) in [6.45, 7) is 1.87. The maximum atomic E-state index is 13.6. The lowest BCUT2D eigenvalue weighted by Crippen LogP contribution is -2.32. The summed E-state index contributed by atoms with van der Waals surface area (Å²) in [5.74, 6) is -2.43. The van der Waals surface area contributed by atoms with Crippen LogP contribution in [0.3, 0.4) is 0 Å². The van der Waals surface area contributed by atoms with Gasteiger partial charge in [0.2, 0.25) is 0 Å². The van der Waals surface area contributed by atoms with E-state index in [1.807, 2.05) is 0 Å². The van der Waals surface area contributed by atoms with Crippen molar-refractivity contribution in [2.45, 2.75) is 13.0 Å². The normalized spacial score (nSPS) is 18.5. The Bertz CT molecular complexity index is 1020. The third kappa shape index (κ3) is 4.01. The minimum Gasteiger partial charge on any atom is -0.507 e. The van der Waals surface area contributed by atoms with E-state index in [4.69, 9.17) is 27.9 Å². The van der Waals surface area contributed by atoms with Crippen molar-refractivity contribution < 1.29 is 23.8 Å². The Hall–Kier alpha value is -2.41.